The quantitative estimate of drug-likeness (QED) is 0.332. The van der Waals surface area contributed by atoms with Crippen molar-refractivity contribution in [1.29, 1.82) is 0 Å². The van der Waals surface area contributed by atoms with Crippen LogP contribution in [0.5, 0.6) is 0 Å². The number of benzene rings is 3. The minimum absolute atomic E-state index is 0.0645. The van der Waals surface area contributed by atoms with E-state index in [-0.39, 0.29) is 48.7 Å². The maximum atomic E-state index is 13.6. The fourth-order valence-corrected chi connectivity index (χ4v) is 7.07. The highest BCUT2D eigenvalue weighted by molar-refractivity contribution is 7.93. The van der Waals surface area contributed by atoms with Gasteiger partial charge in [0.15, 0.2) is 0 Å². The molecule has 3 aromatic carbocycles. The van der Waals surface area contributed by atoms with Gasteiger partial charge >= 0.3 is 0 Å². The molecule has 3 aromatic rings. The van der Waals surface area contributed by atoms with Gasteiger partial charge in [0.2, 0.25) is 11.8 Å². The standard InChI is InChI=1S/C28H31Cl2N3O4S/c1-4-23(28(35)31-18(2)3)32(17-20-13-14-21(29)16-22(20)30)26(34)12-7-15-33-24-10-5-8-19-9-6-11-25(27(19)24)38(33,36)37/h5-6,8-11,13-14,16,18,23H,4,7,12,15,17H2,1-3H3,(H,31,35)/t23-/m0/s1. The summed E-state index contributed by atoms with van der Waals surface area (Å²) in [5, 5.41) is 5.34. The first-order valence-electron chi connectivity index (χ1n) is 12.6. The van der Waals surface area contributed by atoms with Crippen LogP contribution in [0.1, 0.15) is 45.6 Å². The molecule has 202 valence electrons. The third-order valence-electron chi connectivity index (χ3n) is 6.61. The van der Waals surface area contributed by atoms with Crippen LogP contribution >= 0.6 is 23.2 Å². The van der Waals surface area contributed by atoms with Gasteiger partial charge in [0.05, 0.1) is 10.6 Å². The molecule has 38 heavy (non-hydrogen) atoms. The SMILES string of the molecule is CC[C@@H](C(=O)NC(C)C)N(Cc1ccc(Cl)cc1Cl)C(=O)CCCN1c2cccc3cccc(c23)S1(=O)=O. The predicted molar refractivity (Wildman–Crippen MR) is 152 cm³/mol. The molecule has 2 amide bonds. The van der Waals surface area contributed by atoms with Crippen LogP contribution in [-0.2, 0) is 26.2 Å². The Morgan fingerprint density at radius 2 is 1.76 bits per heavy atom. The zero-order valence-electron chi connectivity index (χ0n) is 21.6. The molecule has 1 aliphatic rings. The molecule has 0 aliphatic carbocycles. The first kappa shape index (κ1) is 28.2. The molecule has 1 N–H and O–H groups in total. The maximum absolute atomic E-state index is 13.6. The van der Waals surface area contributed by atoms with Crippen LogP contribution in [-0.4, -0.2) is 43.8 Å². The van der Waals surface area contributed by atoms with E-state index in [2.05, 4.69) is 5.32 Å². The number of carbonyl (C=O) groups is 2. The molecule has 0 radical (unpaired) electrons. The summed E-state index contributed by atoms with van der Waals surface area (Å²) in [5.41, 5.74) is 1.29. The second-order valence-electron chi connectivity index (χ2n) is 9.66. The first-order valence-corrected chi connectivity index (χ1v) is 14.8. The lowest BCUT2D eigenvalue weighted by Crippen LogP contribution is -2.50. The first-order chi connectivity index (χ1) is 18.0. The lowest BCUT2D eigenvalue weighted by molar-refractivity contribution is -0.141. The van der Waals surface area contributed by atoms with Crippen molar-refractivity contribution < 1.29 is 18.0 Å². The molecule has 0 spiro atoms. The Bertz CT molecular complexity index is 1470. The van der Waals surface area contributed by atoms with Crippen molar-refractivity contribution in [2.75, 3.05) is 10.8 Å². The third kappa shape index (κ3) is 5.63. The third-order valence-corrected chi connectivity index (χ3v) is 9.05. The number of rotatable bonds is 10. The highest BCUT2D eigenvalue weighted by Gasteiger charge is 2.35. The maximum Gasteiger partial charge on any atom is 0.265 e. The van der Waals surface area contributed by atoms with E-state index in [9.17, 15) is 18.0 Å². The Morgan fingerprint density at radius 3 is 2.42 bits per heavy atom. The van der Waals surface area contributed by atoms with E-state index in [1.807, 2.05) is 39.0 Å². The van der Waals surface area contributed by atoms with Gasteiger partial charge in [-0.25, -0.2) is 8.42 Å². The summed E-state index contributed by atoms with van der Waals surface area (Å²) in [4.78, 5) is 28.4. The van der Waals surface area contributed by atoms with E-state index in [0.717, 1.165) is 5.39 Å². The summed E-state index contributed by atoms with van der Waals surface area (Å²) in [7, 11) is -3.71. The number of nitrogens with zero attached hydrogens (tertiary/aromatic N) is 2. The van der Waals surface area contributed by atoms with Crippen molar-refractivity contribution in [1.82, 2.24) is 10.2 Å². The summed E-state index contributed by atoms with van der Waals surface area (Å²) in [6, 6.07) is 15.0. The van der Waals surface area contributed by atoms with E-state index in [0.29, 0.717) is 33.1 Å². The van der Waals surface area contributed by atoms with Crippen molar-refractivity contribution in [3.8, 4) is 0 Å². The van der Waals surface area contributed by atoms with Gasteiger partial charge < -0.3 is 10.2 Å². The summed E-state index contributed by atoms with van der Waals surface area (Å²) in [6.45, 7) is 5.85. The van der Waals surface area contributed by atoms with Crippen molar-refractivity contribution in [2.24, 2.45) is 0 Å². The topological polar surface area (TPSA) is 86.8 Å². The highest BCUT2D eigenvalue weighted by Crippen LogP contribution is 2.42. The highest BCUT2D eigenvalue weighted by atomic mass is 35.5. The Hall–Kier alpha value is -2.81. The van der Waals surface area contributed by atoms with Gasteiger partial charge in [-0.1, -0.05) is 60.5 Å². The van der Waals surface area contributed by atoms with Crippen molar-refractivity contribution >= 4 is 61.5 Å². The van der Waals surface area contributed by atoms with E-state index in [1.54, 1.807) is 36.4 Å². The molecule has 10 heteroatoms. The minimum atomic E-state index is -3.71. The fourth-order valence-electron chi connectivity index (χ4n) is 4.85. The molecule has 0 aromatic heterocycles. The van der Waals surface area contributed by atoms with Gasteiger partial charge in [-0.15, -0.1) is 0 Å². The second kappa shape index (κ2) is 11.5. The van der Waals surface area contributed by atoms with E-state index in [4.69, 9.17) is 23.2 Å². The number of anilines is 1. The summed E-state index contributed by atoms with van der Waals surface area (Å²) in [6.07, 6.45) is 0.762. The minimum Gasteiger partial charge on any atom is -0.352 e. The molecule has 7 nitrogen and oxygen atoms in total. The monoisotopic (exact) mass is 575 g/mol. The van der Waals surface area contributed by atoms with Crippen molar-refractivity contribution in [3.05, 3.63) is 70.2 Å². The van der Waals surface area contributed by atoms with Crippen LogP contribution < -0.4 is 9.62 Å². The van der Waals surface area contributed by atoms with Crippen LogP contribution in [0.4, 0.5) is 5.69 Å². The van der Waals surface area contributed by atoms with Crippen molar-refractivity contribution in [2.45, 2.75) is 63.6 Å². The van der Waals surface area contributed by atoms with Crippen LogP contribution in [0.2, 0.25) is 10.0 Å². The lowest BCUT2D eigenvalue weighted by Gasteiger charge is -2.31. The Balaban J connectivity index is 1.54. The van der Waals surface area contributed by atoms with Crippen LogP contribution in [0, 0.1) is 0 Å². The smallest absolute Gasteiger partial charge is 0.265 e. The van der Waals surface area contributed by atoms with Gasteiger partial charge in [-0.2, -0.15) is 0 Å². The largest absolute Gasteiger partial charge is 0.352 e. The Labute approximate surface area is 233 Å². The number of halogens is 2. The molecule has 0 fully saturated rings. The van der Waals surface area contributed by atoms with Gasteiger partial charge in [-0.05, 0) is 61.9 Å². The Kier molecular flexibility index (Phi) is 8.55. The number of hydrogen-bond donors (Lipinski definition) is 1. The molecule has 1 heterocycles. The molecule has 0 saturated carbocycles. The predicted octanol–water partition coefficient (Wildman–Crippen LogP) is 5.77. The summed E-state index contributed by atoms with van der Waals surface area (Å²) >= 11 is 12.4. The second-order valence-corrected chi connectivity index (χ2v) is 12.3. The number of nitrogens with one attached hydrogen (secondary N) is 1. The van der Waals surface area contributed by atoms with Crippen LogP contribution in [0.15, 0.2) is 59.5 Å². The molecule has 1 aliphatic heterocycles. The molecule has 1 atom stereocenters. The van der Waals surface area contributed by atoms with E-state index < -0.39 is 16.1 Å². The van der Waals surface area contributed by atoms with Gasteiger partial charge in [0.25, 0.3) is 10.0 Å². The fraction of sp³-hybridized carbons (Fsp3) is 0.357. The number of carbonyl (C=O) groups excluding carboxylic acids is 2. The zero-order valence-corrected chi connectivity index (χ0v) is 23.9. The molecule has 0 bridgehead atoms. The lowest BCUT2D eigenvalue weighted by atomic mass is 10.1. The van der Waals surface area contributed by atoms with Gasteiger partial charge in [-0.3, -0.25) is 13.9 Å². The summed E-state index contributed by atoms with van der Waals surface area (Å²) in [5.74, 6) is -0.501. The van der Waals surface area contributed by atoms with Gasteiger partial charge in [0.1, 0.15) is 6.04 Å². The van der Waals surface area contributed by atoms with Crippen LogP contribution in [0.3, 0.4) is 0 Å². The molecule has 0 saturated heterocycles. The van der Waals surface area contributed by atoms with E-state index in [1.165, 1.54) is 9.21 Å². The number of hydrogen-bond acceptors (Lipinski definition) is 4. The zero-order chi connectivity index (χ0) is 27.6. The molecule has 4 rings (SSSR count). The van der Waals surface area contributed by atoms with Gasteiger partial charge in [0, 0.05) is 41.0 Å². The molecule has 0 unspecified atom stereocenters. The van der Waals surface area contributed by atoms with Crippen molar-refractivity contribution in [3.63, 3.8) is 0 Å². The molecular formula is C28H31Cl2N3O4S. The molecular weight excluding hydrogens is 545 g/mol. The number of amides is 2. The number of sulfonamides is 1. The average molecular weight is 577 g/mol. The normalized spacial score (nSPS) is 14.6. The summed E-state index contributed by atoms with van der Waals surface area (Å²) < 4.78 is 27.9. The Morgan fingerprint density at radius 1 is 1.05 bits per heavy atom. The van der Waals surface area contributed by atoms with Crippen LogP contribution in [0.25, 0.3) is 10.8 Å². The average Bonchev–Trinajstić information content (AvgIpc) is 3.08. The van der Waals surface area contributed by atoms with E-state index >= 15 is 0 Å².